The summed E-state index contributed by atoms with van der Waals surface area (Å²) >= 11 is 0. The number of para-hydroxylation sites is 1. The first-order valence-electron chi connectivity index (χ1n) is 5.29. The van der Waals surface area contributed by atoms with Gasteiger partial charge in [-0.1, -0.05) is 32.0 Å². The highest BCUT2D eigenvalue weighted by Gasteiger charge is 2.13. The van der Waals surface area contributed by atoms with Gasteiger partial charge in [-0.25, -0.2) is 0 Å². The molecule has 0 aromatic heterocycles. The summed E-state index contributed by atoms with van der Waals surface area (Å²) in [5.41, 5.74) is 6.63. The fraction of sp³-hybridized carbons (Fsp3) is 0.500. The van der Waals surface area contributed by atoms with Crippen LogP contribution in [0.4, 0.5) is 8.78 Å². The highest BCUT2D eigenvalue weighted by atomic mass is 19.3. The maximum absolute atomic E-state index is 12.1. The van der Waals surface area contributed by atoms with Crippen LogP contribution in [0, 0.1) is 5.92 Å². The molecule has 0 aliphatic carbocycles. The number of rotatable bonds is 5. The van der Waals surface area contributed by atoms with E-state index < -0.39 is 6.61 Å². The van der Waals surface area contributed by atoms with Gasteiger partial charge in [-0.2, -0.15) is 8.78 Å². The van der Waals surface area contributed by atoms with Crippen LogP contribution in [0.1, 0.15) is 19.4 Å². The van der Waals surface area contributed by atoms with E-state index in [0.29, 0.717) is 12.3 Å². The molecule has 0 saturated heterocycles. The number of halogens is 2. The van der Waals surface area contributed by atoms with Crippen LogP contribution in [-0.2, 0) is 6.42 Å². The minimum absolute atomic E-state index is 0.0533. The molecular formula is C12H17F2NO. The van der Waals surface area contributed by atoms with Gasteiger partial charge in [0.25, 0.3) is 0 Å². The predicted octanol–water partition coefficient (Wildman–Crippen LogP) is 2.81. The molecule has 1 aromatic rings. The van der Waals surface area contributed by atoms with Crippen molar-refractivity contribution in [3.8, 4) is 5.75 Å². The third kappa shape index (κ3) is 3.77. The van der Waals surface area contributed by atoms with Gasteiger partial charge in [0.05, 0.1) is 0 Å². The molecule has 0 saturated carbocycles. The summed E-state index contributed by atoms with van der Waals surface area (Å²) in [5.74, 6) is 0.521. The van der Waals surface area contributed by atoms with E-state index in [2.05, 4.69) is 4.74 Å². The molecule has 0 aliphatic heterocycles. The van der Waals surface area contributed by atoms with Crippen molar-refractivity contribution in [2.24, 2.45) is 11.7 Å². The molecule has 16 heavy (non-hydrogen) atoms. The quantitative estimate of drug-likeness (QED) is 0.842. The number of nitrogens with two attached hydrogens (primary N) is 1. The second-order valence-corrected chi connectivity index (χ2v) is 4.10. The minimum atomic E-state index is -2.79. The Morgan fingerprint density at radius 1 is 1.25 bits per heavy atom. The van der Waals surface area contributed by atoms with Crippen LogP contribution in [0.2, 0.25) is 0 Å². The van der Waals surface area contributed by atoms with Crippen LogP contribution in [0.3, 0.4) is 0 Å². The van der Waals surface area contributed by atoms with Crippen molar-refractivity contribution >= 4 is 0 Å². The molecule has 0 radical (unpaired) electrons. The fourth-order valence-electron chi connectivity index (χ4n) is 1.37. The summed E-state index contributed by atoms with van der Waals surface area (Å²) in [7, 11) is 0. The zero-order chi connectivity index (χ0) is 12.1. The molecule has 4 heteroatoms. The van der Waals surface area contributed by atoms with Crippen molar-refractivity contribution in [3.63, 3.8) is 0 Å². The Bertz CT molecular complexity index is 329. The first-order valence-corrected chi connectivity index (χ1v) is 5.29. The number of benzene rings is 1. The molecule has 2 N–H and O–H groups in total. The van der Waals surface area contributed by atoms with Crippen molar-refractivity contribution in [1.29, 1.82) is 0 Å². The lowest BCUT2D eigenvalue weighted by Gasteiger charge is -2.17. The third-order valence-corrected chi connectivity index (χ3v) is 2.50. The highest BCUT2D eigenvalue weighted by Crippen LogP contribution is 2.22. The second-order valence-electron chi connectivity index (χ2n) is 4.10. The Hall–Kier alpha value is -1.16. The molecule has 1 atom stereocenters. The Labute approximate surface area is 94.4 Å². The molecule has 90 valence electrons. The van der Waals surface area contributed by atoms with Crippen molar-refractivity contribution in [1.82, 2.24) is 0 Å². The summed E-state index contributed by atoms with van der Waals surface area (Å²) in [6.07, 6.45) is 0.542. The summed E-state index contributed by atoms with van der Waals surface area (Å²) in [6.45, 7) is 1.21. The number of ether oxygens (including phenoxy) is 1. The summed E-state index contributed by atoms with van der Waals surface area (Å²) in [4.78, 5) is 0. The smallest absolute Gasteiger partial charge is 0.387 e. The Balaban J connectivity index is 2.78. The Kier molecular flexibility index (Phi) is 4.68. The van der Waals surface area contributed by atoms with E-state index in [0.717, 1.165) is 5.56 Å². The minimum Gasteiger partial charge on any atom is -0.435 e. The van der Waals surface area contributed by atoms with Crippen LogP contribution in [0.5, 0.6) is 5.75 Å². The van der Waals surface area contributed by atoms with E-state index >= 15 is 0 Å². The van der Waals surface area contributed by atoms with Crippen molar-refractivity contribution in [2.75, 3.05) is 0 Å². The maximum atomic E-state index is 12.1. The Morgan fingerprint density at radius 3 is 2.44 bits per heavy atom. The van der Waals surface area contributed by atoms with Crippen molar-refractivity contribution < 1.29 is 13.5 Å². The highest BCUT2D eigenvalue weighted by molar-refractivity contribution is 5.34. The van der Waals surface area contributed by atoms with Crippen LogP contribution in [-0.4, -0.2) is 12.7 Å². The molecule has 0 amide bonds. The molecule has 1 aromatic carbocycles. The number of hydrogen-bond acceptors (Lipinski definition) is 2. The van der Waals surface area contributed by atoms with Gasteiger partial charge >= 0.3 is 6.61 Å². The molecule has 2 nitrogen and oxygen atoms in total. The first kappa shape index (κ1) is 12.9. The zero-order valence-corrected chi connectivity index (χ0v) is 9.49. The van der Waals surface area contributed by atoms with E-state index in [-0.39, 0.29) is 11.8 Å². The van der Waals surface area contributed by atoms with Crippen molar-refractivity contribution in [3.05, 3.63) is 29.8 Å². The number of alkyl halides is 2. The lowest BCUT2D eigenvalue weighted by Crippen LogP contribution is -2.29. The van der Waals surface area contributed by atoms with E-state index in [1.165, 1.54) is 6.07 Å². The van der Waals surface area contributed by atoms with Crippen LogP contribution >= 0.6 is 0 Å². The molecule has 1 unspecified atom stereocenters. The zero-order valence-electron chi connectivity index (χ0n) is 9.49. The average Bonchev–Trinajstić information content (AvgIpc) is 2.20. The van der Waals surface area contributed by atoms with Crippen LogP contribution in [0.15, 0.2) is 24.3 Å². The normalized spacial score (nSPS) is 13.2. The fourth-order valence-corrected chi connectivity index (χ4v) is 1.37. The van der Waals surface area contributed by atoms with Crippen molar-refractivity contribution in [2.45, 2.75) is 32.9 Å². The predicted molar refractivity (Wildman–Crippen MR) is 59.6 cm³/mol. The summed E-state index contributed by atoms with van der Waals surface area (Å²) in [5, 5.41) is 0. The summed E-state index contributed by atoms with van der Waals surface area (Å²) in [6, 6.07) is 6.71. The van der Waals surface area contributed by atoms with Gasteiger partial charge in [-0.3, -0.25) is 0 Å². The third-order valence-electron chi connectivity index (χ3n) is 2.50. The largest absolute Gasteiger partial charge is 0.435 e. The molecule has 0 bridgehead atoms. The molecular weight excluding hydrogens is 212 g/mol. The molecule has 0 aliphatic rings. The summed E-state index contributed by atoms with van der Waals surface area (Å²) < 4.78 is 28.7. The molecule has 0 heterocycles. The molecule has 0 spiro atoms. The number of hydrogen-bond donors (Lipinski definition) is 1. The van der Waals surface area contributed by atoms with Crippen LogP contribution in [0.25, 0.3) is 0 Å². The Morgan fingerprint density at radius 2 is 1.88 bits per heavy atom. The van der Waals surface area contributed by atoms with Gasteiger partial charge in [0.1, 0.15) is 5.75 Å². The van der Waals surface area contributed by atoms with Gasteiger partial charge in [0, 0.05) is 6.04 Å². The molecule has 1 rings (SSSR count). The monoisotopic (exact) mass is 229 g/mol. The first-order chi connectivity index (χ1) is 7.50. The van der Waals surface area contributed by atoms with Gasteiger partial charge in [-0.15, -0.1) is 0 Å². The van der Waals surface area contributed by atoms with Gasteiger partial charge in [0.15, 0.2) is 0 Å². The molecule has 0 fully saturated rings. The second kappa shape index (κ2) is 5.80. The van der Waals surface area contributed by atoms with E-state index in [4.69, 9.17) is 5.73 Å². The maximum Gasteiger partial charge on any atom is 0.387 e. The van der Waals surface area contributed by atoms with E-state index in [9.17, 15) is 8.78 Å². The van der Waals surface area contributed by atoms with Gasteiger partial charge in [-0.05, 0) is 24.0 Å². The average molecular weight is 229 g/mol. The standard InChI is InChI=1S/C12H17F2NO/c1-8(2)10(15)7-9-5-3-4-6-11(9)16-12(13)14/h3-6,8,10,12H,7,15H2,1-2H3. The van der Waals surface area contributed by atoms with Crippen LogP contribution < -0.4 is 10.5 Å². The lowest BCUT2D eigenvalue weighted by molar-refractivity contribution is -0.0505. The topological polar surface area (TPSA) is 35.2 Å². The van der Waals surface area contributed by atoms with E-state index in [1.807, 2.05) is 13.8 Å². The SMILES string of the molecule is CC(C)C(N)Cc1ccccc1OC(F)F. The lowest BCUT2D eigenvalue weighted by atomic mass is 9.97. The van der Waals surface area contributed by atoms with Gasteiger partial charge in [0.2, 0.25) is 0 Å². The van der Waals surface area contributed by atoms with Gasteiger partial charge < -0.3 is 10.5 Å². The van der Waals surface area contributed by atoms with E-state index in [1.54, 1.807) is 18.2 Å².